The molecule has 1 heterocycles. The fourth-order valence-corrected chi connectivity index (χ4v) is 4.16. The van der Waals surface area contributed by atoms with Crippen LogP contribution in [0.5, 0.6) is 11.5 Å². The van der Waals surface area contributed by atoms with Crippen LogP contribution in [0.4, 0.5) is 13.2 Å². The van der Waals surface area contributed by atoms with E-state index in [-0.39, 0.29) is 46.5 Å². The van der Waals surface area contributed by atoms with Crippen LogP contribution in [0.25, 0.3) is 22.3 Å². The summed E-state index contributed by atoms with van der Waals surface area (Å²) in [6, 6.07) is 14.0. The Morgan fingerprint density at radius 3 is 2.56 bits per heavy atom. The highest BCUT2D eigenvalue weighted by atomic mass is 35.5. The molecule has 0 unspecified atom stereocenters. The molecule has 1 atom stereocenters. The lowest BCUT2D eigenvalue weighted by atomic mass is 10.1. The zero-order chi connectivity index (χ0) is 29.7. The van der Waals surface area contributed by atoms with Crippen molar-refractivity contribution in [2.45, 2.75) is 33.1 Å². The summed E-state index contributed by atoms with van der Waals surface area (Å²) in [6.07, 6.45) is -4.27. The predicted octanol–water partition coefficient (Wildman–Crippen LogP) is 6.35. The number of nitrogens with zero attached hydrogens (tertiary/aromatic N) is 3. The Bertz CT molecular complexity index is 1670. The molecule has 0 fully saturated rings. The third kappa shape index (κ3) is 6.68. The number of rotatable bonds is 9. The van der Waals surface area contributed by atoms with Gasteiger partial charge >= 0.3 is 12.1 Å². The number of alkyl halides is 3. The van der Waals surface area contributed by atoms with Crippen LogP contribution in [0.15, 0.2) is 70.6 Å². The van der Waals surface area contributed by atoms with Gasteiger partial charge in [-0.3, -0.25) is 4.79 Å². The average Bonchev–Trinajstić information content (AvgIpc) is 2.94. The second-order valence-electron chi connectivity index (χ2n) is 8.67. The summed E-state index contributed by atoms with van der Waals surface area (Å²) < 4.78 is 57.6. The smallest absolute Gasteiger partial charge is 0.416 e. The zero-order valence-corrected chi connectivity index (χ0v) is 23.0. The Morgan fingerprint density at radius 2 is 1.85 bits per heavy atom. The van der Waals surface area contributed by atoms with E-state index in [1.807, 2.05) is 0 Å². The Balaban J connectivity index is 1.81. The highest BCUT2D eigenvalue weighted by Crippen LogP contribution is 2.37. The molecular weight excluding hydrogens is 563 g/mol. The van der Waals surface area contributed by atoms with E-state index in [1.165, 1.54) is 37.4 Å². The number of para-hydroxylation sites is 1. The van der Waals surface area contributed by atoms with Gasteiger partial charge in [0, 0.05) is 5.56 Å². The first-order chi connectivity index (χ1) is 19.5. The second-order valence-corrected chi connectivity index (χ2v) is 9.07. The summed E-state index contributed by atoms with van der Waals surface area (Å²) in [5, 5.41) is 4.61. The molecule has 214 valence electrons. The number of hydrogen-bond donors (Lipinski definition) is 0. The highest BCUT2D eigenvalue weighted by molar-refractivity contribution is 6.32. The van der Waals surface area contributed by atoms with Gasteiger partial charge in [-0.05, 0) is 62.7 Å². The Morgan fingerprint density at radius 1 is 1.10 bits per heavy atom. The van der Waals surface area contributed by atoms with Crippen molar-refractivity contribution in [3.05, 3.63) is 87.2 Å². The lowest BCUT2D eigenvalue weighted by Crippen LogP contribution is -2.26. The standard InChI is InChI=1S/C29H25ClF3N3O5/c1-4-39-24-14-18(13-22(30)25(24)41-17(3)28(38)40-5-2)16-34-36-26(19-9-8-10-20(15-19)29(31,32)33)35-23-12-7-6-11-21(23)27(36)37/h6-17H,4-5H2,1-3H3/t17-/m0/s1. The van der Waals surface area contributed by atoms with Crippen LogP contribution in [0.1, 0.15) is 31.9 Å². The number of benzene rings is 3. The van der Waals surface area contributed by atoms with Crippen LogP contribution in [0.2, 0.25) is 5.02 Å². The molecule has 3 aromatic carbocycles. The van der Waals surface area contributed by atoms with Crippen molar-refractivity contribution in [3.63, 3.8) is 0 Å². The number of carbonyl (C=O) groups excluding carboxylic acids is 1. The molecule has 0 aliphatic carbocycles. The van der Waals surface area contributed by atoms with Gasteiger partial charge < -0.3 is 14.2 Å². The average molecular weight is 588 g/mol. The molecule has 0 radical (unpaired) electrons. The van der Waals surface area contributed by atoms with Crippen molar-refractivity contribution in [1.82, 2.24) is 9.66 Å². The third-order valence-corrected chi connectivity index (χ3v) is 6.05. The summed E-state index contributed by atoms with van der Waals surface area (Å²) in [4.78, 5) is 29.9. The third-order valence-electron chi connectivity index (χ3n) is 5.77. The molecule has 0 amide bonds. The number of ether oxygens (including phenoxy) is 3. The monoisotopic (exact) mass is 587 g/mol. The van der Waals surface area contributed by atoms with Gasteiger partial charge in [0.2, 0.25) is 0 Å². The molecule has 0 saturated carbocycles. The first kappa shape index (κ1) is 29.6. The number of hydrogen-bond acceptors (Lipinski definition) is 7. The van der Waals surface area contributed by atoms with Crippen LogP contribution in [0.3, 0.4) is 0 Å². The summed E-state index contributed by atoms with van der Waals surface area (Å²) in [7, 11) is 0. The Hall–Kier alpha value is -4.38. The SMILES string of the molecule is CCOC(=O)[C@H](C)Oc1c(Cl)cc(C=Nn2c(-c3cccc(C(F)(F)F)c3)nc3ccccc3c2=O)cc1OCC. The number of halogens is 4. The normalized spacial score (nSPS) is 12.5. The summed E-state index contributed by atoms with van der Waals surface area (Å²) in [5.74, 6) is -0.350. The Labute approximate surface area is 237 Å². The van der Waals surface area contributed by atoms with Gasteiger partial charge in [-0.15, -0.1) is 0 Å². The van der Waals surface area contributed by atoms with Gasteiger partial charge in [0.25, 0.3) is 5.56 Å². The van der Waals surface area contributed by atoms with Gasteiger partial charge in [0.1, 0.15) is 0 Å². The van der Waals surface area contributed by atoms with Gasteiger partial charge in [-0.25, -0.2) is 9.78 Å². The molecule has 12 heteroatoms. The largest absolute Gasteiger partial charge is 0.490 e. The van der Waals surface area contributed by atoms with Crippen molar-refractivity contribution in [2.24, 2.45) is 5.10 Å². The van der Waals surface area contributed by atoms with Crippen LogP contribution in [0, 0.1) is 0 Å². The lowest BCUT2D eigenvalue weighted by Gasteiger charge is -2.18. The van der Waals surface area contributed by atoms with E-state index < -0.39 is 29.4 Å². The number of carbonyl (C=O) groups is 1. The molecular formula is C29H25ClF3N3O5. The maximum Gasteiger partial charge on any atom is 0.416 e. The van der Waals surface area contributed by atoms with Gasteiger partial charge in [-0.2, -0.15) is 22.9 Å². The minimum atomic E-state index is -4.59. The number of aromatic nitrogens is 2. The summed E-state index contributed by atoms with van der Waals surface area (Å²) in [6.45, 7) is 5.35. The van der Waals surface area contributed by atoms with Crippen LogP contribution >= 0.6 is 11.6 Å². The van der Waals surface area contributed by atoms with Crippen LogP contribution in [-0.2, 0) is 15.7 Å². The molecule has 4 rings (SSSR count). The van der Waals surface area contributed by atoms with Crippen molar-refractivity contribution in [2.75, 3.05) is 13.2 Å². The lowest BCUT2D eigenvalue weighted by molar-refractivity contribution is -0.150. The summed E-state index contributed by atoms with van der Waals surface area (Å²) in [5.41, 5.74) is -0.753. The molecule has 0 aliphatic heterocycles. The van der Waals surface area contributed by atoms with Crippen molar-refractivity contribution < 1.29 is 32.2 Å². The Kier molecular flexibility index (Phi) is 8.97. The van der Waals surface area contributed by atoms with Crippen molar-refractivity contribution in [1.29, 1.82) is 0 Å². The van der Waals surface area contributed by atoms with Gasteiger partial charge in [0.05, 0.1) is 40.9 Å². The van der Waals surface area contributed by atoms with E-state index in [2.05, 4.69) is 10.1 Å². The quantitative estimate of drug-likeness (QED) is 0.167. The predicted molar refractivity (Wildman–Crippen MR) is 149 cm³/mol. The maximum atomic E-state index is 13.4. The molecule has 0 aliphatic rings. The van der Waals surface area contributed by atoms with E-state index >= 15 is 0 Å². The molecule has 0 spiro atoms. The van der Waals surface area contributed by atoms with E-state index in [9.17, 15) is 22.8 Å². The number of fused-ring (bicyclic) bond motifs is 1. The molecule has 8 nitrogen and oxygen atoms in total. The molecule has 1 aromatic heterocycles. The first-order valence-corrected chi connectivity index (χ1v) is 12.9. The topological polar surface area (TPSA) is 92.0 Å². The molecule has 0 bridgehead atoms. The molecule has 41 heavy (non-hydrogen) atoms. The molecule has 0 N–H and O–H groups in total. The second kappa shape index (κ2) is 12.4. The van der Waals surface area contributed by atoms with E-state index in [0.717, 1.165) is 16.8 Å². The van der Waals surface area contributed by atoms with E-state index in [1.54, 1.807) is 38.1 Å². The maximum absolute atomic E-state index is 13.4. The molecule has 0 saturated heterocycles. The summed E-state index contributed by atoms with van der Waals surface area (Å²) >= 11 is 6.47. The van der Waals surface area contributed by atoms with E-state index in [0.29, 0.717) is 11.1 Å². The highest BCUT2D eigenvalue weighted by Gasteiger charge is 2.31. The van der Waals surface area contributed by atoms with Gasteiger partial charge in [-0.1, -0.05) is 35.9 Å². The minimum Gasteiger partial charge on any atom is -0.490 e. The number of esters is 1. The van der Waals surface area contributed by atoms with Crippen molar-refractivity contribution in [3.8, 4) is 22.9 Å². The van der Waals surface area contributed by atoms with Crippen LogP contribution in [-0.4, -0.2) is 41.2 Å². The fourth-order valence-electron chi connectivity index (χ4n) is 3.90. The van der Waals surface area contributed by atoms with Gasteiger partial charge in [0.15, 0.2) is 23.4 Å². The molecule has 4 aromatic rings. The first-order valence-electron chi connectivity index (χ1n) is 12.6. The van der Waals surface area contributed by atoms with Crippen molar-refractivity contribution >= 4 is 34.7 Å². The van der Waals surface area contributed by atoms with E-state index in [4.69, 9.17) is 25.8 Å². The minimum absolute atomic E-state index is 0.0459. The zero-order valence-electron chi connectivity index (χ0n) is 22.2. The van der Waals surface area contributed by atoms with Crippen LogP contribution < -0.4 is 15.0 Å². The fraction of sp³-hybridized carbons (Fsp3) is 0.241.